The average molecular weight is 268 g/mol. The Morgan fingerprint density at radius 1 is 1.53 bits per heavy atom. The monoisotopic (exact) mass is 268 g/mol. The minimum Gasteiger partial charge on any atom is -0.381 e. The predicted molar refractivity (Wildman–Crippen MR) is 58.2 cm³/mol. The summed E-state index contributed by atoms with van der Waals surface area (Å²) in [5.74, 6) is -0.189. The predicted octanol–water partition coefficient (Wildman–Crippen LogP) is 0.196. The lowest BCUT2D eigenvalue weighted by molar-refractivity contribution is 0.126. The van der Waals surface area contributed by atoms with E-state index in [0.29, 0.717) is 10.00 Å². The molecule has 1 aromatic rings. The van der Waals surface area contributed by atoms with Crippen LogP contribution < -0.4 is 5.73 Å². The van der Waals surface area contributed by atoms with Crippen LogP contribution >= 0.6 is 0 Å². The molecule has 0 aliphatic carbocycles. The Morgan fingerprint density at radius 3 is 2.41 bits per heavy atom. The Kier molecular flexibility index (Phi) is 3.72. The van der Waals surface area contributed by atoms with Gasteiger partial charge in [0.05, 0.1) is 12.2 Å². The SMILES string of the molecule is Cc1c(S(=O)(=O)N(C)CC(F)F)c(N)nn1C. The van der Waals surface area contributed by atoms with E-state index >= 15 is 0 Å². The van der Waals surface area contributed by atoms with Crippen LogP contribution in [0.1, 0.15) is 5.69 Å². The van der Waals surface area contributed by atoms with Crippen LogP contribution in [0.15, 0.2) is 4.90 Å². The number of hydrogen-bond donors (Lipinski definition) is 1. The Balaban J connectivity index is 3.22. The number of aryl methyl sites for hydroxylation is 1. The van der Waals surface area contributed by atoms with Crippen molar-refractivity contribution in [1.82, 2.24) is 14.1 Å². The van der Waals surface area contributed by atoms with Crippen molar-refractivity contribution in [1.29, 1.82) is 0 Å². The zero-order valence-corrected chi connectivity index (χ0v) is 10.5. The van der Waals surface area contributed by atoms with Crippen LogP contribution in [-0.4, -0.2) is 42.5 Å². The van der Waals surface area contributed by atoms with Crippen molar-refractivity contribution in [3.05, 3.63) is 5.69 Å². The molecule has 17 heavy (non-hydrogen) atoms. The van der Waals surface area contributed by atoms with Gasteiger partial charge in [-0.3, -0.25) is 4.68 Å². The van der Waals surface area contributed by atoms with E-state index in [4.69, 9.17) is 5.73 Å². The molecular weight excluding hydrogens is 254 g/mol. The number of nitrogens with zero attached hydrogens (tertiary/aromatic N) is 3. The molecule has 1 heterocycles. The van der Waals surface area contributed by atoms with E-state index in [-0.39, 0.29) is 10.7 Å². The molecule has 0 atom stereocenters. The first-order valence-electron chi connectivity index (χ1n) is 4.71. The maximum atomic E-state index is 12.2. The maximum absolute atomic E-state index is 12.2. The number of alkyl halides is 2. The number of rotatable bonds is 4. The summed E-state index contributed by atoms with van der Waals surface area (Å²) < 4.78 is 50.2. The second-order valence-corrected chi connectivity index (χ2v) is 5.58. The zero-order valence-electron chi connectivity index (χ0n) is 9.68. The number of nitrogen functional groups attached to an aromatic ring is 1. The largest absolute Gasteiger partial charge is 0.381 e. The quantitative estimate of drug-likeness (QED) is 0.845. The van der Waals surface area contributed by atoms with Crippen molar-refractivity contribution in [2.75, 3.05) is 19.3 Å². The molecule has 1 rings (SSSR count). The molecule has 0 aromatic carbocycles. The van der Waals surface area contributed by atoms with Gasteiger partial charge in [0, 0.05) is 14.1 Å². The molecule has 0 bridgehead atoms. The Morgan fingerprint density at radius 2 is 2.06 bits per heavy atom. The van der Waals surface area contributed by atoms with Gasteiger partial charge in [0.15, 0.2) is 5.82 Å². The number of sulfonamides is 1. The Bertz CT molecular complexity index is 512. The number of halogens is 2. The van der Waals surface area contributed by atoms with Gasteiger partial charge < -0.3 is 5.73 Å². The molecule has 0 radical (unpaired) electrons. The molecule has 0 amide bonds. The van der Waals surface area contributed by atoms with Crippen molar-refractivity contribution >= 4 is 15.8 Å². The van der Waals surface area contributed by atoms with Crippen molar-refractivity contribution in [3.63, 3.8) is 0 Å². The topological polar surface area (TPSA) is 81.2 Å². The molecule has 2 N–H and O–H groups in total. The summed E-state index contributed by atoms with van der Waals surface area (Å²) in [6.45, 7) is 0.628. The van der Waals surface area contributed by atoms with Crippen LogP contribution in [0.25, 0.3) is 0 Å². The number of anilines is 1. The first-order valence-corrected chi connectivity index (χ1v) is 6.15. The van der Waals surface area contributed by atoms with Crippen LogP contribution in [-0.2, 0) is 17.1 Å². The summed E-state index contributed by atoms with van der Waals surface area (Å²) in [5.41, 5.74) is 5.78. The van der Waals surface area contributed by atoms with E-state index in [1.54, 1.807) is 0 Å². The van der Waals surface area contributed by atoms with Crippen LogP contribution in [0.5, 0.6) is 0 Å². The van der Waals surface area contributed by atoms with Crippen molar-refractivity contribution in [3.8, 4) is 0 Å². The molecule has 0 aliphatic rings. The van der Waals surface area contributed by atoms with Crippen LogP contribution in [0.2, 0.25) is 0 Å². The van der Waals surface area contributed by atoms with Gasteiger partial charge in [-0.25, -0.2) is 17.2 Å². The Labute approximate surface area is 98.1 Å². The molecular formula is C8H14F2N4O2S. The standard InChI is InChI=1S/C8H14F2N4O2S/c1-5-7(8(11)12-14(5)3)17(15,16)13(2)4-6(9)10/h6H,4H2,1-3H3,(H2,11,12). The molecule has 0 aliphatic heterocycles. The lowest BCUT2D eigenvalue weighted by atomic mass is 10.5. The van der Waals surface area contributed by atoms with Crippen molar-refractivity contribution in [2.45, 2.75) is 18.2 Å². The normalized spacial score (nSPS) is 12.6. The highest BCUT2D eigenvalue weighted by Crippen LogP contribution is 2.24. The highest BCUT2D eigenvalue weighted by atomic mass is 32.2. The highest BCUT2D eigenvalue weighted by Gasteiger charge is 2.30. The van der Waals surface area contributed by atoms with E-state index in [9.17, 15) is 17.2 Å². The van der Waals surface area contributed by atoms with Gasteiger partial charge in [-0.1, -0.05) is 0 Å². The molecule has 1 aromatic heterocycles. The first kappa shape index (κ1) is 13.8. The van der Waals surface area contributed by atoms with Crippen LogP contribution in [0.4, 0.5) is 14.6 Å². The highest BCUT2D eigenvalue weighted by molar-refractivity contribution is 7.89. The minimum absolute atomic E-state index is 0.189. The lowest BCUT2D eigenvalue weighted by Gasteiger charge is -2.16. The average Bonchev–Trinajstić information content (AvgIpc) is 2.39. The van der Waals surface area contributed by atoms with Gasteiger partial charge in [-0.2, -0.15) is 9.40 Å². The third-order valence-corrected chi connectivity index (χ3v) is 4.36. The molecule has 0 saturated carbocycles. The summed E-state index contributed by atoms with van der Waals surface area (Å²) >= 11 is 0. The second-order valence-electron chi connectivity index (χ2n) is 3.60. The minimum atomic E-state index is -4.03. The van der Waals surface area contributed by atoms with Crippen LogP contribution in [0, 0.1) is 6.92 Å². The van der Waals surface area contributed by atoms with Gasteiger partial charge in [-0.15, -0.1) is 0 Å². The van der Waals surface area contributed by atoms with Gasteiger partial charge in [0.25, 0.3) is 6.43 Å². The Hall–Kier alpha value is -1.22. The maximum Gasteiger partial charge on any atom is 0.252 e. The van der Waals surface area contributed by atoms with E-state index < -0.39 is 23.0 Å². The van der Waals surface area contributed by atoms with Crippen LogP contribution in [0.3, 0.4) is 0 Å². The molecule has 0 spiro atoms. The molecule has 6 nitrogen and oxygen atoms in total. The molecule has 9 heteroatoms. The smallest absolute Gasteiger partial charge is 0.252 e. The number of hydrogen-bond acceptors (Lipinski definition) is 4. The summed E-state index contributed by atoms with van der Waals surface area (Å²) in [4.78, 5) is -0.219. The fraction of sp³-hybridized carbons (Fsp3) is 0.625. The van der Waals surface area contributed by atoms with E-state index in [1.165, 1.54) is 18.7 Å². The van der Waals surface area contributed by atoms with Crippen molar-refractivity contribution in [2.24, 2.45) is 7.05 Å². The van der Waals surface area contributed by atoms with E-state index in [2.05, 4.69) is 5.10 Å². The third kappa shape index (κ3) is 2.55. The molecule has 0 fully saturated rings. The summed E-state index contributed by atoms with van der Waals surface area (Å²) in [5, 5.41) is 3.74. The fourth-order valence-corrected chi connectivity index (χ4v) is 2.81. The van der Waals surface area contributed by atoms with Gasteiger partial charge >= 0.3 is 0 Å². The van der Waals surface area contributed by atoms with Gasteiger partial charge in [-0.05, 0) is 6.92 Å². The first-order chi connectivity index (χ1) is 7.67. The number of nitrogens with two attached hydrogens (primary N) is 1. The molecule has 0 saturated heterocycles. The zero-order chi connectivity index (χ0) is 13.4. The van der Waals surface area contributed by atoms with E-state index in [1.807, 2.05) is 0 Å². The molecule has 98 valence electrons. The fourth-order valence-electron chi connectivity index (χ4n) is 1.38. The number of aromatic nitrogens is 2. The second kappa shape index (κ2) is 4.57. The lowest BCUT2D eigenvalue weighted by Crippen LogP contribution is -2.32. The third-order valence-electron chi connectivity index (χ3n) is 2.37. The van der Waals surface area contributed by atoms with Crippen molar-refractivity contribution < 1.29 is 17.2 Å². The summed E-state index contributed by atoms with van der Waals surface area (Å²) in [6, 6.07) is 0. The summed E-state index contributed by atoms with van der Waals surface area (Å²) in [7, 11) is -1.43. The van der Waals surface area contributed by atoms with Gasteiger partial charge in [0.1, 0.15) is 4.90 Å². The molecule has 0 unspecified atom stereocenters. The summed E-state index contributed by atoms with van der Waals surface area (Å²) in [6.07, 6.45) is -2.74. The van der Waals surface area contributed by atoms with Gasteiger partial charge in [0.2, 0.25) is 10.0 Å². The van der Waals surface area contributed by atoms with E-state index in [0.717, 1.165) is 7.05 Å².